The van der Waals surface area contributed by atoms with Crippen LogP contribution in [0.25, 0.3) is 0 Å². The molecule has 4 rings (SSSR count). The number of amides is 4. The van der Waals surface area contributed by atoms with E-state index in [9.17, 15) is 19.2 Å². The van der Waals surface area contributed by atoms with Crippen molar-refractivity contribution in [2.45, 2.75) is 18.8 Å². The summed E-state index contributed by atoms with van der Waals surface area (Å²) >= 11 is 0. The first-order chi connectivity index (χ1) is 12.5. The van der Waals surface area contributed by atoms with Crippen molar-refractivity contribution in [2.75, 3.05) is 5.32 Å². The molecule has 0 radical (unpaired) electrons. The Morgan fingerprint density at radius 3 is 2.38 bits per heavy atom. The molecule has 4 amide bonds. The van der Waals surface area contributed by atoms with E-state index in [4.69, 9.17) is 0 Å². The Morgan fingerprint density at radius 2 is 1.65 bits per heavy atom. The van der Waals surface area contributed by atoms with Crippen LogP contribution >= 0.6 is 0 Å². The molecule has 2 heterocycles. The summed E-state index contributed by atoms with van der Waals surface area (Å²) < 4.78 is 0. The lowest BCUT2D eigenvalue weighted by Gasteiger charge is -2.24. The predicted octanol–water partition coefficient (Wildman–Crippen LogP) is 1.83. The monoisotopic (exact) mass is 349 g/mol. The Hall–Kier alpha value is -3.48. The van der Waals surface area contributed by atoms with Crippen molar-refractivity contribution in [3.63, 3.8) is 0 Å². The Labute approximate surface area is 148 Å². The molecule has 0 aliphatic carbocycles. The van der Waals surface area contributed by atoms with Crippen molar-refractivity contribution >= 4 is 35.0 Å². The molecule has 2 aliphatic rings. The first kappa shape index (κ1) is 16.0. The minimum Gasteiger partial charge on any atom is -0.355 e. The Balaban J connectivity index is 1.85. The molecular formula is C19H15N3O4. The van der Waals surface area contributed by atoms with E-state index in [1.54, 1.807) is 12.1 Å². The van der Waals surface area contributed by atoms with Crippen LogP contribution in [0.4, 0.5) is 11.4 Å². The van der Waals surface area contributed by atoms with Gasteiger partial charge in [0.05, 0.1) is 22.7 Å². The van der Waals surface area contributed by atoms with Gasteiger partial charge in [-0.1, -0.05) is 24.3 Å². The highest BCUT2D eigenvalue weighted by atomic mass is 16.2. The summed E-state index contributed by atoms with van der Waals surface area (Å²) in [6, 6.07) is 12.4. The van der Waals surface area contributed by atoms with Crippen LogP contribution in [-0.4, -0.2) is 23.6 Å². The van der Waals surface area contributed by atoms with Crippen LogP contribution in [0.5, 0.6) is 0 Å². The van der Waals surface area contributed by atoms with Crippen molar-refractivity contribution in [1.82, 2.24) is 10.6 Å². The highest BCUT2D eigenvalue weighted by Crippen LogP contribution is 2.37. The van der Waals surface area contributed by atoms with Gasteiger partial charge in [-0.25, -0.2) is 0 Å². The van der Waals surface area contributed by atoms with Crippen LogP contribution in [0.3, 0.4) is 0 Å². The molecule has 0 aromatic heterocycles. The average Bonchev–Trinajstić information content (AvgIpc) is 2.91. The number of para-hydroxylation sites is 1. The number of imide groups is 2. The number of rotatable bonds is 3. The van der Waals surface area contributed by atoms with E-state index in [2.05, 4.69) is 16.0 Å². The van der Waals surface area contributed by atoms with Crippen LogP contribution in [-0.2, 0) is 9.59 Å². The number of carbonyl (C=O) groups excluding carboxylic acids is 4. The summed E-state index contributed by atoms with van der Waals surface area (Å²) in [5.74, 6) is -2.25. The van der Waals surface area contributed by atoms with Gasteiger partial charge in [-0.05, 0) is 30.2 Å². The van der Waals surface area contributed by atoms with Crippen molar-refractivity contribution in [3.05, 3.63) is 59.2 Å². The number of fused-ring (bicyclic) bond motifs is 1. The van der Waals surface area contributed by atoms with Gasteiger partial charge in [0.2, 0.25) is 11.8 Å². The van der Waals surface area contributed by atoms with E-state index in [-0.39, 0.29) is 23.5 Å². The molecule has 2 aromatic carbocycles. The van der Waals surface area contributed by atoms with Crippen molar-refractivity contribution in [1.29, 1.82) is 0 Å². The van der Waals surface area contributed by atoms with E-state index in [0.717, 1.165) is 5.69 Å². The molecule has 2 aliphatic heterocycles. The van der Waals surface area contributed by atoms with Crippen molar-refractivity contribution in [2.24, 2.45) is 0 Å². The molecule has 3 N–H and O–H groups in total. The summed E-state index contributed by atoms with van der Waals surface area (Å²) in [6.07, 6.45) is 0.575. The third-order valence-corrected chi connectivity index (χ3v) is 4.59. The van der Waals surface area contributed by atoms with Gasteiger partial charge in [0.1, 0.15) is 0 Å². The molecular weight excluding hydrogens is 334 g/mol. The number of carbonyl (C=O) groups is 4. The van der Waals surface area contributed by atoms with Crippen LogP contribution in [0.2, 0.25) is 0 Å². The SMILES string of the molecule is O=C1CCC(c2ccc3c(c2Nc2ccccc2)C(=O)NC3=O)C(=O)N1. The topological polar surface area (TPSA) is 104 Å². The maximum Gasteiger partial charge on any atom is 0.261 e. The fourth-order valence-electron chi connectivity index (χ4n) is 3.36. The predicted molar refractivity (Wildman–Crippen MR) is 93.1 cm³/mol. The Bertz CT molecular complexity index is 953. The quantitative estimate of drug-likeness (QED) is 0.734. The second-order valence-corrected chi connectivity index (χ2v) is 6.23. The fourth-order valence-corrected chi connectivity index (χ4v) is 3.36. The lowest BCUT2D eigenvalue weighted by molar-refractivity contribution is -0.134. The fraction of sp³-hybridized carbons (Fsp3) is 0.158. The van der Waals surface area contributed by atoms with Crippen LogP contribution in [0.15, 0.2) is 42.5 Å². The molecule has 7 nitrogen and oxygen atoms in total. The second kappa shape index (κ2) is 6.11. The number of hydrogen-bond donors (Lipinski definition) is 3. The highest BCUT2D eigenvalue weighted by Gasteiger charge is 2.36. The minimum absolute atomic E-state index is 0.223. The van der Waals surface area contributed by atoms with Gasteiger partial charge in [0, 0.05) is 12.1 Å². The molecule has 2 aromatic rings. The second-order valence-electron chi connectivity index (χ2n) is 6.23. The van der Waals surface area contributed by atoms with Crippen molar-refractivity contribution in [3.8, 4) is 0 Å². The molecule has 0 saturated carbocycles. The zero-order valence-electron chi connectivity index (χ0n) is 13.7. The maximum absolute atomic E-state index is 12.3. The molecule has 130 valence electrons. The van der Waals surface area contributed by atoms with Crippen LogP contribution in [0, 0.1) is 0 Å². The molecule has 1 saturated heterocycles. The summed E-state index contributed by atoms with van der Waals surface area (Å²) in [6.45, 7) is 0. The summed E-state index contributed by atoms with van der Waals surface area (Å²) in [7, 11) is 0. The molecule has 1 fully saturated rings. The van der Waals surface area contributed by atoms with Crippen LogP contribution in [0.1, 0.15) is 45.0 Å². The number of nitrogens with one attached hydrogen (secondary N) is 3. The summed E-state index contributed by atoms with van der Waals surface area (Å²) in [4.78, 5) is 48.1. The zero-order valence-corrected chi connectivity index (χ0v) is 13.7. The standard InChI is InChI=1S/C19H15N3O4/c23-14-9-8-12(17(24)21-14)11-6-7-13-15(19(26)22-18(13)25)16(11)20-10-4-2-1-3-5-10/h1-7,12,20H,8-9H2,(H,21,23,24)(H,22,25,26). The summed E-state index contributed by atoms with van der Waals surface area (Å²) in [5, 5.41) is 7.79. The third kappa shape index (κ3) is 2.63. The van der Waals surface area contributed by atoms with E-state index in [0.29, 0.717) is 17.7 Å². The Kier molecular flexibility index (Phi) is 3.76. The molecule has 1 unspecified atom stereocenters. The lowest BCUT2D eigenvalue weighted by atomic mass is 9.87. The number of piperidine rings is 1. The van der Waals surface area contributed by atoms with Gasteiger partial charge < -0.3 is 5.32 Å². The van der Waals surface area contributed by atoms with Crippen molar-refractivity contribution < 1.29 is 19.2 Å². The van der Waals surface area contributed by atoms with E-state index >= 15 is 0 Å². The van der Waals surface area contributed by atoms with E-state index in [1.165, 1.54) is 0 Å². The average molecular weight is 349 g/mol. The first-order valence-corrected chi connectivity index (χ1v) is 8.23. The van der Waals surface area contributed by atoms with Crippen LogP contribution < -0.4 is 16.0 Å². The minimum atomic E-state index is -0.576. The Morgan fingerprint density at radius 1 is 0.885 bits per heavy atom. The van der Waals surface area contributed by atoms with Gasteiger partial charge in [0.25, 0.3) is 11.8 Å². The smallest absolute Gasteiger partial charge is 0.261 e. The van der Waals surface area contributed by atoms with E-state index < -0.39 is 23.6 Å². The lowest BCUT2D eigenvalue weighted by Crippen LogP contribution is -2.39. The van der Waals surface area contributed by atoms with Gasteiger partial charge in [-0.15, -0.1) is 0 Å². The van der Waals surface area contributed by atoms with Gasteiger partial charge in [0.15, 0.2) is 0 Å². The maximum atomic E-state index is 12.3. The van der Waals surface area contributed by atoms with Gasteiger partial charge in [-0.3, -0.25) is 29.8 Å². The number of benzene rings is 2. The highest BCUT2D eigenvalue weighted by molar-refractivity contribution is 6.24. The van der Waals surface area contributed by atoms with Gasteiger partial charge >= 0.3 is 0 Å². The summed E-state index contributed by atoms with van der Waals surface area (Å²) in [5.41, 5.74) is 2.22. The molecule has 0 bridgehead atoms. The zero-order chi connectivity index (χ0) is 18.3. The normalized spacial score (nSPS) is 19.0. The molecule has 7 heteroatoms. The number of anilines is 2. The molecule has 26 heavy (non-hydrogen) atoms. The third-order valence-electron chi connectivity index (χ3n) is 4.59. The van der Waals surface area contributed by atoms with Gasteiger partial charge in [-0.2, -0.15) is 0 Å². The molecule has 1 atom stereocenters. The first-order valence-electron chi connectivity index (χ1n) is 8.23. The largest absolute Gasteiger partial charge is 0.355 e. The number of hydrogen-bond acceptors (Lipinski definition) is 5. The molecule has 0 spiro atoms. The van der Waals surface area contributed by atoms with E-state index in [1.807, 2.05) is 30.3 Å².